The fourth-order valence-electron chi connectivity index (χ4n) is 3.65. The molecule has 0 saturated carbocycles. The van der Waals surface area contributed by atoms with E-state index in [2.05, 4.69) is 22.3 Å². The second-order valence-electron chi connectivity index (χ2n) is 7.65. The van der Waals surface area contributed by atoms with E-state index in [1.807, 2.05) is 18.2 Å². The van der Waals surface area contributed by atoms with Gasteiger partial charge in [0.05, 0.1) is 4.90 Å². The third-order valence-electron chi connectivity index (χ3n) is 5.42. The molecule has 1 aliphatic rings. The molecule has 1 heterocycles. The van der Waals surface area contributed by atoms with Crippen molar-refractivity contribution >= 4 is 21.6 Å². The van der Waals surface area contributed by atoms with Gasteiger partial charge in [-0.05, 0) is 48.0 Å². The van der Waals surface area contributed by atoms with E-state index in [1.54, 1.807) is 12.1 Å². The number of halogens is 1. The molecule has 0 atom stereocenters. The molecule has 0 radical (unpaired) electrons. The SMILES string of the molecule is O=C(Nc1ccc(F)cc1)c1cccc(S(=O)(=O)N2CCN(Cc3ccccc3)CC2)c1. The number of carbonyl (C=O) groups excluding carboxylic acids is 1. The maximum absolute atomic E-state index is 13.2. The van der Waals surface area contributed by atoms with Crippen molar-refractivity contribution in [1.29, 1.82) is 0 Å². The molecule has 1 N–H and O–H groups in total. The molecule has 0 spiro atoms. The average Bonchev–Trinajstić information content (AvgIpc) is 2.82. The summed E-state index contributed by atoms with van der Waals surface area (Å²) in [6.45, 7) is 2.84. The summed E-state index contributed by atoms with van der Waals surface area (Å²) >= 11 is 0. The minimum Gasteiger partial charge on any atom is -0.322 e. The molecule has 0 aliphatic carbocycles. The van der Waals surface area contributed by atoms with Gasteiger partial charge in [0, 0.05) is 44.0 Å². The number of nitrogens with one attached hydrogen (secondary N) is 1. The fourth-order valence-corrected chi connectivity index (χ4v) is 5.12. The lowest BCUT2D eigenvalue weighted by Gasteiger charge is -2.34. The van der Waals surface area contributed by atoms with Gasteiger partial charge in [-0.1, -0.05) is 36.4 Å². The topological polar surface area (TPSA) is 69.7 Å². The van der Waals surface area contributed by atoms with Crippen molar-refractivity contribution in [1.82, 2.24) is 9.21 Å². The van der Waals surface area contributed by atoms with Gasteiger partial charge in [0.2, 0.25) is 10.0 Å². The second kappa shape index (κ2) is 9.60. The number of amides is 1. The van der Waals surface area contributed by atoms with E-state index in [9.17, 15) is 17.6 Å². The lowest BCUT2D eigenvalue weighted by atomic mass is 10.2. The summed E-state index contributed by atoms with van der Waals surface area (Å²) in [5.74, 6) is -0.860. The smallest absolute Gasteiger partial charge is 0.255 e. The molecule has 0 unspecified atom stereocenters. The van der Waals surface area contributed by atoms with E-state index in [-0.39, 0.29) is 10.5 Å². The Kier molecular flexibility index (Phi) is 6.64. The molecule has 32 heavy (non-hydrogen) atoms. The summed E-state index contributed by atoms with van der Waals surface area (Å²) in [6, 6.07) is 21.5. The Hall–Kier alpha value is -3.07. The molecule has 0 aromatic heterocycles. The predicted molar refractivity (Wildman–Crippen MR) is 121 cm³/mol. The number of hydrogen-bond donors (Lipinski definition) is 1. The van der Waals surface area contributed by atoms with Crippen molar-refractivity contribution in [3.05, 3.63) is 95.8 Å². The fraction of sp³-hybridized carbons (Fsp3) is 0.208. The van der Waals surface area contributed by atoms with E-state index in [4.69, 9.17) is 0 Å². The quantitative estimate of drug-likeness (QED) is 0.619. The number of piperazine rings is 1. The summed E-state index contributed by atoms with van der Waals surface area (Å²) in [7, 11) is -3.72. The van der Waals surface area contributed by atoms with Crippen molar-refractivity contribution in [2.75, 3.05) is 31.5 Å². The van der Waals surface area contributed by atoms with Crippen LogP contribution in [0.4, 0.5) is 10.1 Å². The summed E-state index contributed by atoms with van der Waals surface area (Å²) in [4.78, 5) is 14.9. The molecule has 0 bridgehead atoms. The van der Waals surface area contributed by atoms with Crippen molar-refractivity contribution in [2.24, 2.45) is 0 Å². The van der Waals surface area contributed by atoms with E-state index < -0.39 is 21.7 Å². The predicted octanol–water partition coefficient (Wildman–Crippen LogP) is 3.58. The zero-order valence-corrected chi connectivity index (χ0v) is 18.3. The minimum atomic E-state index is -3.72. The first-order chi connectivity index (χ1) is 15.4. The Bertz CT molecular complexity index is 1180. The molecule has 1 amide bonds. The van der Waals surface area contributed by atoms with Gasteiger partial charge in [0.15, 0.2) is 0 Å². The van der Waals surface area contributed by atoms with Crippen LogP contribution in [-0.4, -0.2) is 49.7 Å². The first kappa shape index (κ1) is 22.1. The van der Waals surface area contributed by atoms with E-state index >= 15 is 0 Å². The molecule has 1 aliphatic heterocycles. The molecular formula is C24H24FN3O3S. The highest BCUT2D eigenvalue weighted by molar-refractivity contribution is 7.89. The van der Waals surface area contributed by atoms with Crippen LogP contribution >= 0.6 is 0 Å². The van der Waals surface area contributed by atoms with Gasteiger partial charge in [0.1, 0.15) is 5.82 Å². The molecule has 3 aromatic rings. The van der Waals surface area contributed by atoms with Crippen LogP contribution in [0.5, 0.6) is 0 Å². The number of sulfonamides is 1. The average molecular weight is 454 g/mol. The van der Waals surface area contributed by atoms with Crippen LogP contribution in [0.25, 0.3) is 0 Å². The number of carbonyl (C=O) groups is 1. The van der Waals surface area contributed by atoms with E-state index in [1.165, 1.54) is 46.3 Å². The van der Waals surface area contributed by atoms with Gasteiger partial charge in [-0.3, -0.25) is 9.69 Å². The van der Waals surface area contributed by atoms with Crippen LogP contribution in [0.2, 0.25) is 0 Å². The largest absolute Gasteiger partial charge is 0.322 e. The molecule has 1 saturated heterocycles. The summed E-state index contributed by atoms with van der Waals surface area (Å²) < 4.78 is 40.8. The third kappa shape index (κ3) is 5.21. The third-order valence-corrected chi connectivity index (χ3v) is 7.31. The van der Waals surface area contributed by atoms with Crippen molar-refractivity contribution in [2.45, 2.75) is 11.4 Å². The molecule has 4 rings (SSSR count). The highest BCUT2D eigenvalue weighted by Crippen LogP contribution is 2.20. The standard InChI is InChI=1S/C24H24FN3O3S/c25-21-9-11-22(12-10-21)26-24(29)20-7-4-8-23(17-20)32(30,31)28-15-13-27(14-16-28)18-19-5-2-1-3-6-19/h1-12,17H,13-16,18H2,(H,26,29). The van der Waals surface area contributed by atoms with Crippen molar-refractivity contribution in [3.63, 3.8) is 0 Å². The second-order valence-corrected chi connectivity index (χ2v) is 9.59. The number of hydrogen-bond acceptors (Lipinski definition) is 4. The zero-order chi connectivity index (χ0) is 22.6. The Morgan fingerprint density at radius 3 is 2.25 bits per heavy atom. The maximum atomic E-state index is 13.2. The van der Waals surface area contributed by atoms with Gasteiger partial charge in [0.25, 0.3) is 5.91 Å². The van der Waals surface area contributed by atoms with Gasteiger partial charge in [-0.2, -0.15) is 4.31 Å². The van der Waals surface area contributed by atoms with Crippen LogP contribution in [0.3, 0.4) is 0 Å². The normalized spacial score (nSPS) is 15.4. The Balaban J connectivity index is 1.41. The van der Waals surface area contributed by atoms with Crippen LogP contribution in [0.1, 0.15) is 15.9 Å². The Morgan fingerprint density at radius 1 is 0.875 bits per heavy atom. The lowest BCUT2D eigenvalue weighted by Crippen LogP contribution is -2.48. The Morgan fingerprint density at radius 2 is 1.56 bits per heavy atom. The van der Waals surface area contributed by atoms with Crippen LogP contribution in [0.15, 0.2) is 83.8 Å². The number of rotatable bonds is 6. The van der Waals surface area contributed by atoms with E-state index in [0.717, 1.165) is 6.54 Å². The number of benzene rings is 3. The van der Waals surface area contributed by atoms with Gasteiger partial charge in [-0.15, -0.1) is 0 Å². The van der Waals surface area contributed by atoms with Crippen LogP contribution < -0.4 is 5.32 Å². The van der Waals surface area contributed by atoms with Gasteiger partial charge < -0.3 is 5.32 Å². The molecule has 3 aromatic carbocycles. The van der Waals surface area contributed by atoms with Crippen molar-refractivity contribution < 1.29 is 17.6 Å². The highest BCUT2D eigenvalue weighted by atomic mass is 32.2. The number of anilines is 1. The van der Waals surface area contributed by atoms with E-state index in [0.29, 0.717) is 31.9 Å². The zero-order valence-electron chi connectivity index (χ0n) is 17.4. The summed E-state index contributed by atoms with van der Waals surface area (Å²) in [5.41, 5.74) is 1.85. The van der Waals surface area contributed by atoms with Crippen LogP contribution in [0, 0.1) is 5.82 Å². The molecule has 166 valence electrons. The number of nitrogens with zero attached hydrogens (tertiary/aromatic N) is 2. The van der Waals surface area contributed by atoms with Gasteiger partial charge >= 0.3 is 0 Å². The molecule has 1 fully saturated rings. The summed E-state index contributed by atoms with van der Waals surface area (Å²) in [6.07, 6.45) is 0. The minimum absolute atomic E-state index is 0.0840. The van der Waals surface area contributed by atoms with Crippen LogP contribution in [-0.2, 0) is 16.6 Å². The first-order valence-corrected chi connectivity index (χ1v) is 11.8. The lowest BCUT2D eigenvalue weighted by molar-refractivity contribution is 0.102. The molecule has 8 heteroatoms. The Labute approximate surface area is 187 Å². The van der Waals surface area contributed by atoms with Gasteiger partial charge in [-0.25, -0.2) is 12.8 Å². The molecular weight excluding hydrogens is 429 g/mol. The maximum Gasteiger partial charge on any atom is 0.255 e. The first-order valence-electron chi connectivity index (χ1n) is 10.4. The van der Waals surface area contributed by atoms with Crippen molar-refractivity contribution in [3.8, 4) is 0 Å². The highest BCUT2D eigenvalue weighted by Gasteiger charge is 2.29. The molecule has 6 nitrogen and oxygen atoms in total. The monoisotopic (exact) mass is 453 g/mol. The summed E-state index contributed by atoms with van der Waals surface area (Å²) in [5, 5.41) is 2.65.